The number of halogens is 1. The van der Waals surface area contributed by atoms with Crippen molar-refractivity contribution in [2.75, 3.05) is 26.2 Å². The van der Waals surface area contributed by atoms with Crippen LogP contribution < -0.4 is 10.1 Å². The lowest BCUT2D eigenvalue weighted by Gasteiger charge is -2.35. The summed E-state index contributed by atoms with van der Waals surface area (Å²) in [5.74, 6) is 0.900. The maximum absolute atomic E-state index is 12.3. The molecule has 1 aromatic carbocycles. The van der Waals surface area contributed by atoms with E-state index in [1.165, 1.54) is 0 Å². The Hall–Kier alpha value is -1.75. The fourth-order valence-electron chi connectivity index (χ4n) is 2.84. The van der Waals surface area contributed by atoms with E-state index in [1.807, 2.05) is 25.7 Å². The van der Waals surface area contributed by atoms with Crippen LogP contribution in [0.25, 0.3) is 0 Å². The summed E-state index contributed by atoms with van der Waals surface area (Å²) < 4.78 is 5.56. The van der Waals surface area contributed by atoms with Crippen LogP contribution in [0.15, 0.2) is 24.3 Å². The van der Waals surface area contributed by atoms with Gasteiger partial charge in [0.25, 0.3) is 0 Å². The summed E-state index contributed by atoms with van der Waals surface area (Å²) in [6, 6.07) is 7.13. The molecule has 138 valence electrons. The summed E-state index contributed by atoms with van der Waals surface area (Å²) in [6.45, 7) is 7.95. The van der Waals surface area contributed by atoms with Crippen molar-refractivity contribution < 1.29 is 14.3 Å². The summed E-state index contributed by atoms with van der Waals surface area (Å²) in [5.41, 5.74) is -0.367. The first-order valence-corrected chi connectivity index (χ1v) is 9.10. The van der Waals surface area contributed by atoms with Gasteiger partial charge in [-0.25, -0.2) is 0 Å². The van der Waals surface area contributed by atoms with E-state index in [0.717, 1.165) is 5.75 Å². The van der Waals surface area contributed by atoms with Crippen molar-refractivity contribution in [2.24, 2.45) is 11.3 Å². The molecule has 0 bridgehead atoms. The van der Waals surface area contributed by atoms with E-state index in [2.05, 4.69) is 5.32 Å². The van der Waals surface area contributed by atoms with Crippen LogP contribution in [-0.4, -0.2) is 43.0 Å². The van der Waals surface area contributed by atoms with Gasteiger partial charge in [0.05, 0.1) is 6.54 Å². The molecule has 1 aromatic rings. The third kappa shape index (κ3) is 5.92. The minimum Gasteiger partial charge on any atom is -0.492 e. The molecule has 0 unspecified atom stereocenters. The molecule has 1 fully saturated rings. The molecule has 1 aliphatic heterocycles. The Bertz CT molecular complexity index is 588. The number of amides is 2. The lowest BCUT2D eigenvalue weighted by atomic mass is 9.91. The Kier molecular flexibility index (Phi) is 6.71. The average molecular weight is 367 g/mol. The lowest BCUT2D eigenvalue weighted by Crippen LogP contribution is -2.47. The first kappa shape index (κ1) is 19.6. The highest BCUT2D eigenvalue weighted by Gasteiger charge is 2.32. The highest BCUT2D eigenvalue weighted by Crippen LogP contribution is 2.23. The molecule has 6 heteroatoms. The second kappa shape index (κ2) is 8.56. The molecule has 5 nitrogen and oxygen atoms in total. The van der Waals surface area contributed by atoms with E-state index in [9.17, 15) is 9.59 Å². The molecule has 0 spiro atoms. The van der Waals surface area contributed by atoms with E-state index in [1.54, 1.807) is 24.3 Å². The molecule has 1 heterocycles. The first-order chi connectivity index (χ1) is 11.8. The van der Waals surface area contributed by atoms with Gasteiger partial charge in [0.15, 0.2) is 0 Å². The van der Waals surface area contributed by atoms with Gasteiger partial charge < -0.3 is 15.0 Å². The van der Waals surface area contributed by atoms with Crippen LogP contribution in [0, 0.1) is 11.3 Å². The van der Waals surface area contributed by atoms with Gasteiger partial charge in [0.2, 0.25) is 11.8 Å². The van der Waals surface area contributed by atoms with Crippen LogP contribution in [0.5, 0.6) is 5.75 Å². The van der Waals surface area contributed by atoms with E-state index < -0.39 is 0 Å². The van der Waals surface area contributed by atoms with E-state index in [0.29, 0.717) is 44.1 Å². The Morgan fingerprint density at radius 1 is 1.20 bits per heavy atom. The number of hydrogen-bond donors (Lipinski definition) is 1. The zero-order chi connectivity index (χ0) is 18.4. The van der Waals surface area contributed by atoms with Crippen molar-refractivity contribution >= 4 is 23.4 Å². The van der Waals surface area contributed by atoms with Gasteiger partial charge in [-0.1, -0.05) is 32.4 Å². The minimum atomic E-state index is -0.367. The summed E-state index contributed by atoms with van der Waals surface area (Å²) in [6.07, 6.45) is 1.43. The SMILES string of the molecule is CC(C)(C)C(=O)N1CCC(C(=O)NCCOc2ccc(Cl)cc2)CC1. The molecule has 25 heavy (non-hydrogen) atoms. The normalized spacial score (nSPS) is 15.8. The van der Waals surface area contributed by atoms with Crippen molar-refractivity contribution in [3.05, 3.63) is 29.3 Å². The number of carbonyl (C=O) groups is 2. The zero-order valence-corrected chi connectivity index (χ0v) is 15.9. The van der Waals surface area contributed by atoms with E-state index >= 15 is 0 Å². The maximum atomic E-state index is 12.3. The Morgan fingerprint density at radius 2 is 1.80 bits per heavy atom. The summed E-state index contributed by atoms with van der Waals surface area (Å²) in [4.78, 5) is 26.4. The quantitative estimate of drug-likeness (QED) is 0.814. The Balaban J connectivity index is 1.67. The molecular formula is C19H27ClN2O3. The first-order valence-electron chi connectivity index (χ1n) is 8.73. The average Bonchev–Trinajstić information content (AvgIpc) is 2.58. The number of benzene rings is 1. The van der Waals surface area contributed by atoms with Crippen LogP contribution >= 0.6 is 11.6 Å². The van der Waals surface area contributed by atoms with Crippen LogP contribution in [0.2, 0.25) is 5.02 Å². The van der Waals surface area contributed by atoms with Crippen LogP contribution in [-0.2, 0) is 9.59 Å². The number of hydrogen-bond acceptors (Lipinski definition) is 3. The zero-order valence-electron chi connectivity index (χ0n) is 15.2. The minimum absolute atomic E-state index is 0.0282. The highest BCUT2D eigenvalue weighted by molar-refractivity contribution is 6.30. The van der Waals surface area contributed by atoms with Crippen LogP contribution in [0.4, 0.5) is 0 Å². The second-order valence-corrected chi connectivity index (χ2v) is 7.85. The third-order valence-corrected chi connectivity index (χ3v) is 4.53. The molecule has 2 rings (SSSR count). The predicted octanol–water partition coefficient (Wildman–Crippen LogP) is 3.12. The van der Waals surface area contributed by atoms with Gasteiger partial charge in [0, 0.05) is 29.4 Å². The van der Waals surface area contributed by atoms with Crippen molar-refractivity contribution in [1.82, 2.24) is 10.2 Å². The van der Waals surface area contributed by atoms with Gasteiger partial charge in [-0.3, -0.25) is 9.59 Å². The number of rotatable bonds is 5. The van der Waals surface area contributed by atoms with Gasteiger partial charge in [0.1, 0.15) is 12.4 Å². The summed E-state index contributed by atoms with van der Waals surface area (Å²) in [7, 11) is 0. The highest BCUT2D eigenvalue weighted by atomic mass is 35.5. The van der Waals surface area contributed by atoms with Crippen molar-refractivity contribution in [1.29, 1.82) is 0 Å². The monoisotopic (exact) mass is 366 g/mol. The molecule has 1 saturated heterocycles. The number of carbonyl (C=O) groups excluding carboxylic acids is 2. The summed E-state index contributed by atoms with van der Waals surface area (Å²) in [5, 5.41) is 3.58. The van der Waals surface area contributed by atoms with Gasteiger partial charge >= 0.3 is 0 Å². The molecule has 2 amide bonds. The van der Waals surface area contributed by atoms with Crippen LogP contribution in [0.3, 0.4) is 0 Å². The number of ether oxygens (including phenoxy) is 1. The topological polar surface area (TPSA) is 58.6 Å². The Morgan fingerprint density at radius 3 is 2.36 bits per heavy atom. The molecule has 1 aliphatic rings. The van der Waals surface area contributed by atoms with Crippen molar-refractivity contribution in [3.63, 3.8) is 0 Å². The Labute approximate surface area is 154 Å². The lowest BCUT2D eigenvalue weighted by molar-refractivity contribution is -0.142. The summed E-state index contributed by atoms with van der Waals surface area (Å²) >= 11 is 5.82. The van der Waals surface area contributed by atoms with Crippen molar-refractivity contribution in [3.8, 4) is 5.75 Å². The van der Waals surface area contributed by atoms with Crippen LogP contribution in [0.1, 0.15) is 33.6 Å². The number of piperidine rings is 1. The third-order valence-electron chi connectivity index (χ3n) is 4.28. The fourth-order valence-corrected chi connectivity index (χ4v) is 2.96. The van der Waals surface area contributed by atoms with Gasteiger partial charge in [-0.05, 0) is 37.1 Å². The molecule has 0 aromatic heterocycles. The smallest absolute Gasteiger partial charge is 0.227 e. The van der Waals surface area contributed by atoms with E-state index in [-0.39, 0.29) is 23.1 Å². The molecule has 0 radical (unpaired) electrons. The molecular weight excluding hydrogens is 340 g/mol. The number of nitrogens with zero attached hydrogens (tertiary/aromatic N) is 1. The second-order valence-electron chi connectivity index (χ2n) is 7.41. The molecule has 0 atom stereocenters. The maximum Gasteiger partial charge on any atom is 0.227 e. The molecule has 1 N–H and O–H groups in total. The molecule has 0 aliphatic carbocycles. The standard InChI is InChI=1S/C19H27ClN2O3/c1-19(2,3)18(24)22-11-8-14(9-12-22)17(23)21-10-13-25-16-6-4-15(20)5-7-16/h4-7,14H,8-13H2,1-3H3,(H,21,23). The van der Waals surface area contributed by atoms with E-state index in [4.69, 9.17) is 16.3 Å². The van der Waals surface area contributed by atoms with Crippen molar-refractivity contribution in [2.45, 2.75) is 33.6 Å². The largest absolute Gasteiger partial charge is 0.492 e. The fraction of sp³-hybridized carbons (Fsp3) is 0.579. The van der Waals surface area contributed by atoms with Gasteiger partial charge in [-0.2, -0.15) is 0 Å². The molecule has 0 saturated carbocycles. The number of nitrogens with one attached hydrogen (secondary N) is 1. The predicted molar refractivity (Wildman–Crippen MR) is 98.7 cm³/mol. The van der Waals surface area contributed by atoms with Gasteiger partial charge in [-0.15, -0.1) is 0 Å². The number of likely N-dealkylation sites (tertiary alicyclic amines) is 1.